The number of carbonyl (C=O) groups is 1. The summed E-state index contributed by atoms with van der Waals surface area (Å²) in [6.45, 7) is 2.75. The van der Waals surface area contributed by atoms with Gasteiger partial charge in [0.05, 0.1) is 0 Å². The lowest BCUT2D eigenvalue weighted by atomic mass is 9.66. The van der Waals surface area contributed by atoms with E-state index in [1.807, 2.05) is 6.92 Å². The molecule has 4 heteroatoms. The molecular formula is C12H24N2O2. The van der Waals surface area contributed by atoms with Crippen LogP contribution in [-0.2, 0) is 4.79 Å². The first kappa shape index (κ1) is 13.5. The fraction of sp³-hybridized carbons (Fsp3) is 0.917. The molecule has 1 aliphatic carbocycles. The number of amides is 1. The lowest BCUT2D eigenvalue weighted by molar-refractivity contribution is -0.125. The topological polar surface area (TPSA) is 75.3 Å². The molecule has 94 valence electrons. The van der Waals surface area contributed by atoms with E-state index in [0.717, 1.165) is 19.3 Å². The normalized spacial score (nSPS) is 19.9. The molecule has 4 nitrogen and oxygen atoms in total. The minimum absolute atomic E-state index is 0.0710. The van der Waals surface area contributed by atoms with Crippen LogP contribution >= 0.6 is 0 Å². The summed E-state index contributed by atoms with van der Waals surface area (Å²) in [6.07, 6.45) is 5.39. The lowest BCUT2D eigenvalue weighted by Crippen LogP contribution is -2.44. The number of nitrogens with one attached hydrogen (secondary N) is 1. The zero-order valence-corrected chi connectivity index (χ0v) is 10.2. The molecule has 0 radical (unpaired) electrons. The maximum Gasteiger partial charge on any atom is 0.220 e. The molecule has 16 heavy (non-hydrogen) atoms. The van der Waals surface area contributed by atoms with Crippen molar-refractivity contribution >= 4 is 5.91 Å². The molecule has 1 atom stereocenters. The van der Waals surface area contributed by atoms with Gasteiger partial charge < -0.3 is 16.2 Å². The van der Waals surface area contributed by atoms with Crippen LogP contribution in [0.3, 0.4) is 0 Å². The molecule has 1 saturated carbocycles. The fourth-order valence-corrected chi connectivity index (χ4v) is 2.28. The van der Waals surface area contributed by atoms with Gasteiger partial charge in [0.25, 0.3) is 0 Å². The molecule has 1 unspecified atom stereocenters. The number of hydrogen-bond acceptors (Lipinski definition) is 3. The maximum atomic E-state index is 11.8. The van der Waals surface area contributed by atoms with Crippen LogP contribution < -0.4 is 11.1 Å². The van der Waals surface area contributed by atoms with Crippen molar-refractivity contribution in [3.63, 3.8) is 0 Å². The van der Waals surface area contributed by atoms with Crippen LogP contribution in [0.2, 0.25) is 0 Å². The lowest BCUT2D eigenvalue weighted by Gasteiger charge is -2.40. The SMILES string of the molecule is CCC(CCO)NC(=O)CC1(CN)CCC1. The number of hydrogen-bond donors (Lipinski definition) is 3. The zero-order valence-electron chi connectivity index (χ0n) is 10.2. The Balaban J connectivity index is 2.34. The van der Waals surface area contributed by atoms with Gasteiger partial charge in [-0.15, -0.1) is 0 Å². The van der Waals surface area contributed by atoms with Gasteiger partial charge in [0, 0.05) is 19.1 Å². The van der Waals surface area contributed by atoms with Gasteiger partial charge in [-0.2, -0.15) is 0 Å². The van der Waals surface area contributed by atoms with Crippen molar-refractivity contribution < 1.29 is 9.90 Å². The molecular weight excluding hydrogens is 204 g/mol. The molecule has 0 aliphatic heterocycles. The predicted octanol–water partition coefficient (Wildman–Crippen LogP) is 0.783. The first-order chi connectivity index (χ1) is 7.65. The van der Waals surface area contributed by atoms with Gasteiger partial charge in [-0.1, -0.05) is 13.3 Å². The van der Waals surface area contributed by atoms with E-state index in [2.05, 4.69) is 5.32 Å². The third-order valence-corrected chi connectivity index (χ3v) is 3.72. The fourth-order valence-electron chi connectivity index (χ4n) is 2.28. The van der Waals surface area contributed by atoms with Gasteiger partial charge >= 0.3 is 0 Å². The Hall–Kier alpha value is -0.610. The monoisotopic (exact) mass is 228 g/mol. The molecule has 1 aliphatic rings. The highest BCUT2D eigenvalue weighted by molar-refractivity contribution is 5.77. The molecule has 1 amide bonds. The smallest absolute Gasteiger partial charge is 0.220 e. The Labute approximate surface area is 97.6 Å². The van der Waals surface area contributed by atoms with Crippen LogP contribution in [0, 0.1) is 5.41 Å². The first-order valence-electron chi connectivity index (χ1n) is 6.26. The third-order valence-electron chi connectivity index (χ3n) is 3.72. The first-order valence-corrected chi connectivity index (χ1v) is 6.26. The van der Waals surface area contributed by atoms with E-state index >= 15 is 0 Å². The Morgan fingerprint density at radius 2 is 2.25 bits per heavy atom. The van der Waals surface area contributed by atoms with E-state index in [1.54, 1.807) is 0 Å². The van der Waals surface area contributed by atoms with Gasteiger partial charge in [-0.25, -0.2) is 0 Å². The predicted molar refractivity (Wildman–Crippen MR) is 63.9 cm³/mol. The Morgan fingerprint density at radius 3 is 2.62 bits per heavy atom. The number of nitrogens with two attached hydrogens (primary N) is 1. The second-order valence-electron chi connectivity index (χ2n) is 4.92. The second kappa shape index (κ2) is 6.21. The Bertz CT molecular complexity index is 222. The van der Waals surface area contributed by atoms with Gasteiger partial charge in [-0.05, 0) is 37.6 Å². The average molecular weight is 228 g/mol. The number of rotatable bonds is 7. The maximum absolute atomic E-state index is 11.8. The van der Waals surface area contributed by atoms with E-state index < -0.39 is 0 Å². The molecule has 1 fully saturated rings. The molecule has 0 bridgehead atoms. The number of aliphatic hydroxyl groups is 1. The summed E-state index contributed by atoms with van der Waals surface area (Å²) in [5.74, 6) is 0.0884. The van der Waals surface area contributed by atoms with Gasteiger partial charge in [0.15, 0.2) is 0 Å². The summed E-state index contributed by atoms with van der Waals surface area (Å²) in [5.41, 5.74) is 5.79. The van der Waals surface area contributed by atoms with Crippen LogP contribution in [0.25, 0.3) is 0 Å². The van der Waals surface area contributed by atoms with E-state index in [0.29, 0.717) is 19.4 Å². The van der Waals surface area contributed by atoms with E-state index in [1.165, 1.54) is 6.42 Å². The average Bonchev–Trinajstić information content (AvgIpc) is 2.23. The molecule has 0 saturated heterocycles. The van der Waals surface area contributed by atoms with Crippen LogP contribution in [0.5, 0.6) is 0 Å². The van der Waals surface area contributed by atoms with Crippen molar-refractivity contribution in [2.24, 2.45) is 11.1 Å². The van der Waals surface area contributed by atoms with Crippen molar-refractivity contribution in [2.75, 3.05) is 13.2 Å². The Kier molecular flexibility index (Phi) is 5.22. The van der Waals surface area contributed by atoms with Crippen LogP contribution in [0.15, 0.2) is 0 Å². The van der Waals surface area contributed by atoms with E-state index in [-0.39, 0.29) is 24.0 Å². The molecule has 0 aromatic heterocycles. The van der Waals surface area contributed by atoms with Crippen molar-refractivity contribution in [1.29, 1.82) is 0 Å². The van der Waals surface area contributed by atoms with Crippen molar-refractivity contribution in [3.05, 3.63) is 0 Å². The molecule has 0 heterocycles. The Morgan fingerprint density at radius 1 is 1.56 bits per heavy atom. The quantitative estimate of drug-likeness (QED) is 0.603. The van der Waals surface area contributed by atoms with Gasteiger partial charge in [0.1, 0.15) is 0 Å². The third kappa shape index (κ3) is 3.46. The number of aliphatic hydroxyl groups excluding tert-OH is 1. The van der Waals surface area contributed by atoms with Crippen LogP contribution in [0.4, 0.5) is 0 Å². The van der Waals surface area contributed by atoms with Gasteiger partial charge in [0.2, 0.25) is 5.91 Å². The summed E-state index contributed by atoms with van der Waals surface area (Å²) < 4.78 is 0. The summed E-state index contributed by atoms with van der Waals surface area (Å²) in [4.78, 5) is 11.8. The highest BCUT2D eigenvalue weighted by Gasteiger charge is 2.37. The minimum atomic E-state index is 0.0710. The molecule has 0 spiro atoms. The standard InChI is InChI=1S/C12H24N2O2/c1-2-10(4-7-15)14-11(16)8-12(9-13)5-3-6-12/h10,15H,2-9,13H2,1H3,(H,14,16). The summed E-state index contributed by atoms with van der Waals surface area (Å²) in [5, 5.41) is 11.8. The minimum Gasteiger partial charge on any atom is -0.396 e. The molecule has 0 aromatic rings. The van der Waals surface area contributed by atoms with Crippen molar-refractivity contribution in [1.82, 2.24) is 5.32 Å². The summed E-state index contributed by atoms with van der Waals surface area (Å²) in [6, 6.07) is 0.104. The molecule has 1 rings (SSSR count). The van der Waals surface area contributed by atoms with E-state index in [9.17, 15) is 4.79 Å². The van der Waals surface area contributed by atoms with Crippen molar-refractivity contribution in [2.45, 2.75) is 51.5 Å². The number of carbonyl (C=O) groups excluding carboxylic acids is 1. The zero-order chi connectivity index (χ0) is 12.0. The van der Waals surface area contributed by atoms with Gasteiger partial charge in [-0.3, -0.25) is 4.79 Å². The van der Waals surface area contributed by atoms with E-state index in [4.69, 9.17) is 10.8 Å². The highest BCUT2D eigenvalue weighted by Crippen LogP contribution is 2.42. The van der Waals surface area contributed by atoms with Crippen molar-refractivity contribution in [3.8, 4) is 0 Å². The molecule has 4 N–H and O–H groups in total. The second-order valence-corrected chi connectivity index (χ2v) is 4.92. The summed E-state index contributed by atoms with van der Waals surface area (Å²) in [7, 11) is 0. The molecule has 0 aromatic carbocycles. The van der Waals surface area contributed by atoms with Crippen LogP contribution in [-0.4, -0.2) is 30.2 Å². The summed E-state index contributed by atoms with van der Waals surface area (Å²) >= 11 is 0. The largest absolute Gasteiger partial charge is 0.396 e. The highest BCUT2D eigenvalue weighted by atomic mass is 16.3. The van der Waals surface area contributed by atoms with Crippen LogP contribution in [0.1, 0.15) is 45.4 Å².